The molecule has 1 N–H and O–H groups in total. The first kappa shape index (κ1) is 19.0. The highest BCUT2D eigenvalue weighted by Crippen LogP contribution is 2.21. The first-order valence-electron chi connectivity index (χ1n) is 7.96. The molecular weight excluding hydrogens is 351 g/mol. The van der Waals surface area contributed by atoms with E-state index in [-0.39, 0.29) is 28.9 Å². The molecule has 0 radical (unpaired) electrons. The standard InChI is InChI=1S/C17H22Cl2N2O3/c1-10(2)15(17(23)21-6-7-24-11(3)9-21)20-16(22)13-5-4-12(18)8-14(13)19/h4-5,8,10-11,15H,6-7,9H2,1-3H3,(H,20,22). The van der Waals surface area contributed by atoms with E-state index in [0.29, 0.717) is 30.3 Å². The minimum atomic E-state index is -0.616. The van der Waals surface area contributed by atoms with Crippen LogP contribution < -0.4 is 5.32 Å². The fourth-order valence-electron chi connectivity index (χ4n) is 2.62. The number of amides is 2. The average Bonchev–Trinajstić information content (AvgIpc) is 2.51. The fourth-order valence-corrected chi connectivity index (χ4v) is 3.12. The van der Waals surface area contributed by atoms with Crippen LogP contribution in [0.25, 0.3) is 0 Å². The number of carbonyl (C=O) groups is 2. The lowest BCUT2D eigenvalue weighted by atomic mass is 10.0. The van der Waals surface area contributed by atoms with Gasteiger partial charge in [-0.1, -0.05) is 37.0 Å². The molecule has 5 nitrogen and oxygen atoms in total. The Morgan fingerprint density at radius 2 is 2.04 bits per heavy atom. The topological polar surface area (TPSA) is 58.6 Å². The maximum absolute atomic E-state index is 12.8. The van der Waals surface area contributed by atoms with Gasteiger partial charge in [0, 0.05) is 18.1 Å². The van der Waals surface area contributed by atoms with Crippen LogP contribution in [0.3, 0.4) is 0 Å². The zero-order valence-corrected chi connectivity index (χ0v) is 15.5. The minimum Gasteiger partial charge on any atom is -0.375 e. The molecule has 1 aliphatic heterocycles. The van der Waals surface area contributed by atoms with E-state index < -0.39 is 6.04 Å². The molecule has 1 aliphatic rings. The third-order valence-electron chi connectivity index (χ3n) is 3.95. The normalized spacial score (nSPS) is 19.2. The van der Waals surface area contributed by atoms with Crippen LogP contribution in [0.4, 0.5) is 0 Å². The van der Waals surface area contributed by atoms with E-state index in [1.165, 1.54) is 6.07 Å². The number of rotatable bonds is 4. The lowest BCUT2D eigenvalue weighted by molar-refractivity contribution is -0.141. The smallest absolute Gasteiger partial charge is 0.253 e. The number of halogens is 2. The molecule has 1 fully saturated rings. The van der Waals surface area contributed by atoms with E-state index in [1.54, 1.807) is 17.0 Å². The number of hydrogen-bond acceptors (Lipinski definition) is 3. The summed E-state index contributed by atoms with van der Waals surface area (Å²) in [7, 11) is 0. The van der Waals surface area contributed by atoms with Gasteiger partial charge in [0.25, 0.3) is 5.91 Å². The molecule has 7 heteroatoms. The van der Waals surface area contributed by atoms with Crippen LogP contribution in [0, 0.1) is 5.92 Å². The van der Waals surface area contributed by atoms with Crippen molar-refractivity contribution in [2.24, 2.45) is 5.92 Å². The maximum Gasteiger partial charge on any atom is 0.253 e. The van der Waals surface area contributed by atoms with Gasteiger partial charge in [-0.2, -0.15) is 0 Å². The number of morpholine rings is 1. The first-order valence-corrected chi connectivity index (χ1v) is 8.71. The van der Waals surface area contributed by atoms with Crippen LogP contribution in [0.2, 0.25) is 10.0 Å². The van der Waals surface area contributed by atoms with Gasteiger partial charge >= 0.3 is 0 Å². The Labute approximate surface area is 152 Å². The number of ether oxygens (including phenoxy) is 1. The maximum atomic E-state index is 12.8. The Kier molecular flexibility index (Phi) is 6.49. The third-order valence-corrected chi connectivity index (χ3v) is 4.50. The molecule has 2 unspecified atom stereocenters. The molecule has 2 amide bonds. The average molecular weight is 373 g/mol. The quantitative estimate of drug-likeness (QED) is 0.883. The fraction of sp³-hybridized carbons (Fsp3) is 0.529. The Balaban J connectivity index is 2.12. The van der Waals surface area contributed by atoms with Gasteiger partial charge in [-0.05, 0) is 31.0 Å². The Morgan fingerprint density at radius 1 is 1.33 bits per heavy atom. The van der Waals surface area contributed by atoms with Crippen molar-refractivity contribution in [3.05, 3.63) is 33.8 Å². The molecule has 1 aromatic carbocycles. The molecule has 0 bridgehead atoms. The predicted molar refractivity (Wildman–Crippen MR) is 94.5 cm³/mol. The Morgan fingerprint density at radius 3 is 2.62 bits per heavy atom. The van der Waals surface area contributed by atoms with Crippen molar-refractivity contribution in [2.45, 2.75) is 32.9 Å². The van der Waals surface area contributed by atoms with Gasteiger partial charge in [-0.3, -0.25) is 9.59 Å². The van der Waals surface area contributed by atoms with E-state index >= 15 is 0 Å². The van der Waals surface area contributed by atoms with Crippen molar-refractivity contribution < 1.29 is 14.3 Å². The summed E-state index contributed by atoms with van der Waals surface area (Å²) in [5.74, 6) is -0.533. The van der Waals surface area contributed by atoms with E-state index in [1.807, 2.05) is 20.8 Å². The van der Waals surface area contributed by atoms with E-state index in [2.05, 4.69) is 5.32 Å². The molecular formula is C17H22Cl2N2O3. The highest BCUT2D eigenvalue weighted by molar-refractivity contribution is 6.36. The monoisotopic (exact) mass is 372 g/mol. The summed E-state index contributed by atoms with van der Waals surface area (Å²) < 4.78 is 5.46. The van der Waals surface area contributed by atoms with Gasteiger partial charge < -0.3 is 15.0 Å². The molecule has 2 rings (SSSR count). The summed E-state index contributed by atoms with van der Waals surface area (Å²) in [5.41, 5.74) is 0.301. The summed E-state index contributed by atoms with van der Waals surface area (Å²) in [6.45, 7) is 7.29. The van der Waals surface area contributed by atoms with Crippen molar-refractivity contribution in [1.29, 1.82) is 0 Å². The summed E-state index contributed by atoms with van der Waals surface area (Å²) >= 11 is 11.9. The number of hydrogen-bond donors (Lipinski definition) is 1. The van der Waals surface area contributed by atoms with Crippen LogP contribution in [-0.2, 0) is 9.53 Å². The van der Waals surface area contributed by atoms with Crippen LogP contribution >= 0.6 is 23.2 Å². The summed E-state index contributed by atoms with van der Waals surface area (Å²) in [5, 5.41) is 3.52. The summed E-state index contributed by atoms with van der Waals surface area (Å²) in [6, 6.07) is 4.04. The van der Waals surface area contributed by atoms with Crippen LogP contribution in [0.5, 0.6) is 0 Å². The van der Waals surface area contributed by atoms with Gasteiger partial charge in [-0.25, -0.2) is 0 Å². The molecule has 0 spiro atoms. The molecule has 1 heterocycles. The third kappa shape index (κ3) is 4.62. The molecule has 0 aromatic heterocycles. The van der Waals surface area contributed by atoms with Crippen molar-refractivity contribution in [3.63, 3.8) is 0 Å². The van der Waals surface area contributed by atoms with Crippen molar-refractivity contribution >= 4 is 35.0 Å². The lowest BCUT2D eigenvalue weighted by Crippen LogP contribution is -2.55. The molecule has 1 aromatic rings. The zero-order chi connectivity index (χ0) is 17.9. The Hall–Kier alpha value is -1.30. The van der Waals surface area contributed by atoms with Gasteiger partial charge in [0.1, 0.15) is 6.04 Å². The first-order chi connectivity index (χ1) is 11.3. The van der Waals surface area contributed by atoms with Crippen LogP contribution in [0.1, 0.15) is 31.1 Å². The summed E-state index contributed by atoms with van der Waals surface area (Å²) in [6.07, 6.45) is -0.00285. The molecule has 1 saturated heterocycles. The van der Waals surface area contributed by atoms with Gasteiger partial charge in [0.15, 0.2) is 0 Å². The van der Waals surface area contributed by atoms with Gasteiger partial charge in [0.2, 0.25) is 5.91 Å². The van der Waals surface area contributed by atoms with Crippen molar-refractivity contribution in [3.8, 4) is 0 Å². The number of nitrogens with zero attached hydrogens (tertiary/aromatic N) is 1. The molecule has 0 aliphatic carbocycles. The molecule has 0 saturated carbocycles. The van der Waals surface area contributed by atoms with Gasteiger partial charge in [0.05, 0.1) is 23.3 Å². The number of carbonyl (C=O) groups excluding carboxylic acids is 2. The summed E-state index contributed by atoms with van der Waals surface area (Å²) in [4.78, 5) is 27.0. The van der Waals surface area contributed by atoms with E-state index in [9.17, 15) is 9.59 Å². The van der Waals surface area contributed by atoms with Crippen molar-refractivity contribution in [2.75, 3.05) is 19.7 Å². The SMILES string of the molecule is CC1CN(C(=O)C(NC(=O)c2ccc(Cl)cc2Cl)C(C)C)CCO1. The lowest BCUT2D eigenvalue weighted by Gasteiger charge is -2.35. The number of benzene rings is 1. The predicted octanol–water partition coefficient (Wildman–Crippen LogP) is 3.00. The second-order valence-corrected chi connectivity index (χ2v) is 7.13. The second kappa shape index (κ2) is 8.19. The largest absolute Gasteiger partial charge is 0.375 e. The second-order valence-electron chi connectivity index (χ2n) is 6.28. The molecule has 2 atom stereocenters. The minimum absolute atomic E-state index is 0.00285. The zero-order valence-electron chi connectivity index (χ0n) is 14.0. The van der Waals surface area contributed by atoms with E-state index in [0.717, 1.165) is 0 Å². The van der Waals surface area contributed by atoms with Crippen LogP contribution in [0.15, 0.2) is 18.2 Å². The van der Waals surface area contributed by atoms with Crippen LogP contribution in [-0.4, -0.2) is 48.6 Å². The highest BCUT2D eigenvalue weighted by atomic mass is 35.5. The number of nitrogens with one attached hydrogen (secondary N) is 1. The van der Waals surface area contributed by atoms with Gasteiger partial charge in [-0.15, -0.1) is 0 Å². The molecule has 24 heavy (non-hydrogen) atoms. The Bertz CT molecular complexity index is 622. The van der Waals surface area contributed by atoms with Crippen molar-refractivity contribution in [1.82, 2.24) is 10.2 Å². The van der Waals surface area contributed by atoms with E-state index in [4.69, 9.17) is 27.9 Å². The highest BCUT2D eigenvalue weighted by Gasteiger charge is 2.31. The molecule has 132 valence electrons.